The Morgan fingerprint density at radius 1 is 1.19 bits per heavy atom. The molecular formula is C18H12BrClN2O5. The molecule has 27 heavy (non-hydrogen) atoms. The normalized spacial score (nSPS) is 12.8. The van der Waals surface area contributed by atoms with E-state index in [1.165, 1.54) is 31.4 Å². The maximum absolute atomic E-state index is 12.4. The van der Waals surface area contributed by atoms with Crippen LogP contribution >= 0.6 is 27.5 Å². The summed E-state index contributed by atoms with van der Waals surface area (Å²) < 4.78 is 5.28. The highest BCUT2D eigenvalue weighted by Gasteiger charge is 2.36. The number of nitrogens with one attached hydrogen (secondary N) is 1. The van der Waals surface area contributed by atoms with Crippen LogP contribution in [-0.2, 0) is 14.3 Å². The number of rotatable bonds is 4. The number of nitrogens with zero attached hydrogens (tertiary/aromatic N) is 1. The molecule has 3 rings (SSSR count). The van der Waals surface area contributed by atoms with Gasteiger partial charge in [0.15, 0.2) is 0 Å². The minimum atomic E-state index is -0.785. The molecule has 0 radical (unpaired) electrons. The smallest absolute Gasteiger partial charge is 0.337 e. The predicted molar refractivity (Wildman–Crippen MR) is 102 cm³/mol. The molecule has 0 bridgehead atoms. The van der Waals surface area contributed by atoms with Crippen LogP contribution in [0.5, 0.6) is 0 Å². The fourth-order valence-corrected chi connectivity index (χ4v) is 3.15. The fourth-order valence-electron chi connectivity index (χ4n) is 2.63. The molecule has 0 unspecified atom stereocenters. The number of methoxy groups -OCH3 is 1. The summed E-state index contributed by atoms with van der Waals surface area (Å²) in [5.74, 6) is -2.62. The van der Waals surface area contributed by atoms with E-state index in [1.54, 1.807) is 12.1 Å². The zero-order valence-corrected chi connectivity index (χ0v) is 16.3. The lowest BCUT2D eigenvalue weighted by atomic mass is 10.1. The Morgan fingerprint density at radius 3 is 2.63 bits per heavy atom. The lowest BCUT2D eigenvalue weighted by molar-refractivity contribution is -0.118. The highest BCUT2D eigenvalue weighted by Crippen LogP contribution is 2.31. The van der Waals surface area contributed by atoms with Crippen molar-refractivity contribution in [3.63, 3.8) is 0 Å². The molecule has 0 atom stereocenters. The lowest BCUT2D eigenvalue weighted by Crippen LogP contribution is -2.37. The standard InChI is InChI=1S/C18H12BrClN2O5/c1-27-18(26)9-2-4-12(20)13(6-9)21-15(23)8-22-14-5-3-10(19)7-11(14)16(24)17(22)25/h2-7H,8H2,1H3,(H,21,23). The van der Waals surface area contributed by atoms with Crippen molar-refractivity contribution < 1.29 is 23.9 Å². The third-order valence-corrected chi connectivity index (χ3v) is 4.72. The summed E-state index contributed by atoms with van der Waals surface area (Å²) in [6, 6.07) is 9.06. The minimum Gasteiger partial charge on any atom is -0.465 e. The zero-order valence-electron chi connectivity index (χ0n) is 13.9. The van der Waals surface area contributed by atoms with Gasteiger partial charge in [-0.15, -0.1) is 0 Å². The van der Waals surface area contributed by atoms with Crippen molar-refractivity contribution in [2.45, 2.75) is 0 Å². The van der Waals surface area contributed by atoms with Crippen molar-refractivity contribution in [3.8, 4) is 0 Å². The van der Waals surface area contributed by atoms with E-state index in [0.29, 0.717) is 10.2 Å². The topological polar surface area (TPSA) is 92.8 Å². The Morgan fingerprint density at radius 2 is 1.93 bits per heavy atom. The first-order chi connectivity index (χ1) is 12.8. The van der Waals surface area contributed by atoms with Gasteiger partial charge in [-0.2, -0.15) is 0 Å². The number of ether oxygens (including phenoxy) is 1. The summed E-state index contributed by atoms with van der Waals surface area (Å²) >= 11 is 9.29. The summed E-state index contributed by atoms with van der Waals surface area (Å²) in [6.45, 7) is -0.377. The first kappa shape index (κ1) is 19.1. The molecule has 1 aliphatic heterocycles. The molecule has 1 heterocycles. The van der Waals surface area contributed by atoms with Crippen molar-refractivity contribution in [1.82, 2.24) is 0 Å². The van der Waals surface area contributed by atoms with Crippen LogP contribution in [-0.4, -0.2) is 37.2 Å². The van der Waals surface area contributed by atoms with Gasteiger partial charge in [-0.25, -0.2) is 4.79 Å². The van der Waals surface area contributed by atoms with E-state index in [1.807, 2.05) is 0 Å². The number of benzene rings is 2. The van der Waals surface area contributed by atoms with Gasteiger partial charge in [0, 0.05) is 4.47 Å². The summed E-state index contributed by atoms with van der Waals surface area (Å²) in [4.78, 5) is 49.4. The van der Waals surface area contributed by atoms with Gasteiger partial charge in [0.1, 0.15) is 6.54 Å². The Bertz CT molecular complexity index is 992. The van der Waals surface area contributed by atoms with E-state index in [9.17, 15) is 19.2 Å². The van der Waals surface area contributed by atoms with Crippen LogP contribution in [0, 0.1) is 0 Å². The first-order valence-electron chi connectivity index (χ1n) is 7.65. The summed E-state index contributed by atoms with van der Waals surface area (Å²) in [5, 5.41) is 2.75. The van der Waals surface area contributed by atoms with Gasteiger partial charge in [-0.3, -0.25) is 19.3 Å². The molecule has 0 saturated carbocycles. The molecule has 7 nitrogen and oxygen atoms in total. The summed E-state index contributed by atoms with van der Waals surface area (Å²) in [5.41, 5.74) is 0.990. The van der Waals surface area contributed by atoms with E-state index in [4.69, 9.17) is 11.6 Å². The SMILES string of the molecule is COC(=O)c1ccc(Cl)c(NC(=O)CN2C(=O)C(=O)c3cc(Br)ccc32)c1. The molecular weight excluding hydrogens is 440 g/mol. The molecule has 1 N–H and O–H groups in total. The van der Waals surface area contributed by atoms with E-state index < -0.39 is 23.6 Å². The molecule has 0 saturated heterocycles. The number of carbonyl (C=O) groups excluding carboxylic acids is 4. The molecule has 0 spiro atoms. The highest BCUT2D eigenvalue weighted by molar-refractivity contribution is 9.10. The number of halogens is 2. The van der Waals surface area contributed by atoms with Gasteiger partial charge < -0.3 is 10.1 Å². The zero-order chi connectivity index (χ0) is 19.7. The van der Waals surface area contributed by atoms with Crippen LogP contribution in [0.1, 0.15) is 20.7 Å². The number of carbonyl (C=O) groups is 4. The van der Waals surface area contributed by atoms with Crippen molar-refractivity contribution in [2.24, 2.45) is 0 Å². The largest absolute Gasteiger partial charge is 0.465 e. The third kappa shape index (κ3) is 3.72. The van der Waals surface area contributed by atoms with Crippen molar-refractivity contribution in [1.29, 1.82) is 0 Å². The molecule has 0 aromatic heterocycles. The van der Waals surface area contributed by atoms with Gasteiger partial charge >= 0.3 is 5.97 Å². The number of esters is 1. The van der Waals surface area contributed by atoms with Gasteiger partial charge in [0.2, 0.25) is 5.91 Å². The summed E-state index contributed by atoms with van der Waals surface area (Å²) in [7, 11) is 1.24. The van der Waals surface area contributed by atoms with Gasteiger partial charge in [-0.05, 0) is 36.4 Å². The van der Waals surface area contributed by atoms with Crippen molar-refractivity contribution in [3.05, 3.63) is 57.0 Å². The molecule has 138 valence electrons. The number of amides is 2. The fraction of sp³-hybridized carbons (Fsp3) is 0.111. The van der Waals surface area contributed by atoms with Crippen LogP contribution in [0.4, 0.5) is 11.4 Å². The van der Waals surface area contributed by atoms with Gasteiger partial charge in [0.25, 0.3) is 11.7 Å². The average Bonchev–Trinajstić information content (AvgIpc) is 2.87. The van der Waals surface area contributed by atoms with Crippen LogP contribution in [0.2, 0.25) is 5.02 Å². The molecule has 1 aliphatic rings. The quantitative estimate of drug-likeness (QED) is 0.570. The molecule has 9 heteroatoms. The van der Waals surface area contributed by atoms with Gasteiger partial charge in [0.05, 0.1) is 34.6 Å². The maximum atomic E-state index is 12.4. The second-order valence-corrected chi connectivity index (χ2v) is 6.94. The molecule has 2 amide bonds. The van der Waals surface area contributed by atoms with Gasteiger partial charge in [-0.1, -0.05) is 27.5 Å². The Hall–Kier alpha value is -2.71. The number of hydrogen-bond donors (Lipinski definition) is 1. The van der Waals surface area contributed by atoms with E-state index in [0.717, 1.165) is 4.90 Å². The van der Waals surface area contributed by atoms with Crippen LogP contribution in [0.15, 0.2) is 40.9 Å². The van der Waals surface area contributed by atoms with E-state index >= 15 is 0 Å². The first-order valence-corrected chi connectivity index (χ1v) is 8.82. The Kier molecular flexibility index (Phi) is 5.29. The number of ketones is 1. The third-order valence-electron chi connectivity index (χ3n) is 3.90. The average molecular weight is 452 g/mol. The Balaban J connectivity index is 1.80. The molecule has 2 aromatic carbocycles. The Labute approximate surface area is 167 Å². The second kappa shape index (κ2) is 7.50. The summed E-state index contributed by atoms with van der Waals surface area (Å²) in [6.07, 6.45) is 0. The predicted octanol–water partition coefficient (Wildman–Crippen LogP) is 3.06. The highest BCUT2D eigenvalue weighted by atomic mass is 79.9. The van der Waals surface area contributed by atoms with E-state index in [-0.39, 0.29) is 28.4 Å². The number of Topliss-reactive ketones (excluding diaryl/α,β-unsaturated/α-hetero) is 1. The molecule has 0 aliphatic carbocycles. The second-order valence-electron chi connectivity index (χ2n) is 5.62. The van der Waals surface area contributed by atoms with Crippen molar-refractivity contribution >= 4 is 62.5 Å². The van der Waals surface area contributed by atoms with Crippen LogP contribution < -0.4 is 10.2 Å². The number of anilines is 2. The maximum Gasteiger partial charge on any atom is 0.337 e. The molecule has 0 fully saturated rings. The number of hydrogen-bond acceptors (Lipinski definition) is 5. The monoisotopic (exact) mass is 450 g/mol. The van der Waals surface area contributed by atoms with Crippen molar-refractivity contribution in [2.75, 3.05) is 23.9 Å². The molecule has 2 aromatic rings. The van der Waals surface area contributed by atoms with Crippen LogP contribution in [0.25, 0.3) is 0 Å². The van der Waals surface area contributed by atoms with E-state index in [2.05, 4.69) is 26.0 Å². The lowest BCUT2D eigenvalue weighted by Gasteiger charge is -2.16. The van der Waals surface area contributed by atoms with Crippen LogP contribution in [0.3, 0.4) is 0 Å². The number of fused-ring (bicyclic) bond motifs is 1. The minimum absolute atomic E-state index is 0.193.